The number of benzene rings is 1. The monoisotopic (exact) mass is 329 g/mol. The lowest BCUT2D eigenvalue weighted by molar-refractivity contribution is -0.123. The average Bonchev–Trinajstić information content (AvgIpc) is 2.89. The maximum atomic E-state index is 12.7. The van der Waals surface area contributed by atoms with E-state index in [1.54, 1.807) is 11.3 Å². The maximum absolute atomic E-state index is 12.7. The highest BCUT2D eigenvalue weighted by atomic mass is 32.1. The summed E-state index contributed by atoms with van der Waals surface area (Å²) in [6.07, 6.45) is 1.68. The largest absolute Gasteiger partial charge is 0.301 e. The topological polar surface area (TPSA) is 45.2 Å². The molecule has 23 heavy (non-hydrogen) atoms. The van der Waals surface area contributed by atoms with Gasteiger partial charge in [0.05, 0.1) is 5.69 Å². The van der Waals surface area contributed by atoms with E-state index in [2.05, 4.69) is 34.4 Å². The molecule has 5 heteroatoms. The van der Waals surface area contributed by atoms with Crippen molar-refractivity contribution in [1.29, 1.82) is 0 Å². The summed E-state index contributed by atoms with van der Waals surface area (Å²) in [7, 11) is 2.11. The number of thiazole rings is 1. The first-order valence-corrected chi connectivity index (χ1v) is 8.78. The first kappa shape index (κ1) is 16.1. The predicted molar refractivity (Wildman–Crippen MR) is 94.7 cm³/mol. The van der Waals surface area contributed by atoms with Gasteiger partial charge in [-0.05, 0) is 19.0 Å². The molecule has 0 atom stereocenters. The SMILES string of the molecule is CN1CCc2nc(NC(=O)C(C)(C)Cc3ccccc3)sc2C1. The first-order valence-electron chi connectivity index (χ1n) is 7.96. The molecule has 0 aliphatic carbocycles. The number of nitrogens with one attached hydrogen (secondary N) is 1. The van der Waals surface area contributed by atoms with Gasteiger partial charge in [-0.1, -0.05) is 44.2 Å². The van der Waals surface area contributed by atoms with Crippen molar-refractivity contribution in [2.75, 3.05) is 18.9 Å². The number of carbonyl (C=O) groups is 1. The third kappa shape index (κ3) is 3.79. The van der Waals surface area contributed by atoms with Crippen LogP contribution in [0.4, 0.5) is 5.13 Å². The second-order valence-corrected chi connectivity index (χ2v) is 7.96. The van der Waals surface area contributed by atoms with E-state index in [0.717, 1.165) is 30.3 Å². The van der Waals surface area contributed by atoms with Gasteiger partial charge in [-0.25, -0.2) is 4.98 Å². The predicted octanol–water partition coefficient (Wildman–Crippen LogP) is 3.34. The van der Waals surface area contributed by atoms with Gasteiger partial charge in [-0.15, -0.1) is 11.3 Å². The summed E-state index contributed by atoms with van der Waals surface area (Å²) in [6, 6.07) is 10.1. The number of amides is 1. The molecule has 2 heterocycles. The van der Waals surface area contributed by atoms with Crippen LogP contribution < -0.4 is 5.32 Å². The number of rotatable bonds is 4. The molecule has 0 fully saturated rings. The summed E-state index contributed by atoms with van der Waals surface area (Å²) in [5.74, 6) is 0.0285. The lowest BCUT2D eigenvalue weighted by Gasteiger charge is -2.22. The maximum Gasteiger partial charge on any atom is 0.232 e. The standard InChI is InChI=1S/C18H23N3OS/c1-18(2,11-13-7-5-4-6-8-13)16(22)20-17-19-14-9-10-21(3)12-15(14)23-17/h4-8H,9-12H2,1-3H3,(H,19,20,22). The minimum absolute atomic E-state index is 0.0285. The van der Waals surface area contributed by atoms with Crippen LogP contribution in [-0.2, 0) is 24.2 Å². The van der Waals surface area contributed by atoms with Gasteiger partial charge >= 0.3 is 0 Å². The van der Waals surface area contributed by atoms with Crippen molar-refractivity contribution in [1.82, 2.24) is 9.88 Å². The number of hydrogen-bond donors (Lipinski definition) is 1. The Bertz CT molecular complexity index is 694. The van der Waals surface area contributed by atoms with Gasteiger partial charge in [0.25, 0.3) is 0 Å². The second-order valence-electron chi connectivity index (χ2n) is 6.88. The van der Waals surface area contributed by atoms with Crippen LogP contribution in [0.25, 0.3) is 0 Å². The fourth-order valence-corrected chi connectivity index (χ4v) is 3.91. The van der Waals surface area contributed by atoms with Crippen molar-refractivity contribution in [2.45, 2.75) is 33.2 Å². The molecule has 0 bridgehead atoms. The first-order chi connectivity index (χ1) is 10.9. The normalized spacial score (nSPS) is 15.3. The summed E-state index contributed by atoms with van der Waals surface area (Å²) in [5.41, 5.74) is 1.85. The molecular weight excluding hydrogens is 306 g/mol. The lowest BCUT2D eigenvalue weighted by atomic mass is 9.85. The van der Waals surface area contributed by atoms with Crippen LogP contribution in [0.15, 0.2) is 30.3 Å². The van der Waals surface area contributed by atoms with E-state index in [0.29, 0.717) is 6.42 Å². The number of nitrogens with zero attached hydrogens (tertiary/aromatic N) is 2. The van der Waals surface area contributed by atoms with Crippen LogP contribution in [0.5, 0.6) is 0 Å². The van der Waals surface area contributed by atoms with E-state index in [1.807, 2.05) is 32.0 Å². The van der Waals surface area contributed by atoms with Crippen LogP contribution in [0.1, 0.15) is 30.0 Å². The number of fused-ring (bicyclic) bond motifs is 1. The van der Waals surface area contributed by atoms with Crippen LogP contribution in [0.3, 0.4) is 0 Å². The summed E-state index contributed by atoms with van der Waals surface area (Å²) in [6.45, 7) is 5.92. The molecule has 1 aliphatic rings. The minimum Gasteiger partial charge on any atom is -0.301 e. The number of aromatic nitrogens is 1. The Morgan fingerprint density at radius 2 is 2.09 bits per heavy atom. The summed E-state index contributed by atoms with van der Waals surface area (Å²) in [5, 5.41) is 3.76. The molecule has 0 spiro atoms. The van der Waals surface area contributed by atoms with Crippen LogP contribution >= 0.6 is 11.3 Å². The second kappa shape index (κ2) is 6.42. The quantitative estimate of drug-likeness (QED) is 0.936. The summed E-state index contributed by atoms with van der Waals surface area (Å²) in [4.78, 5) is 20.8. The Morgan fingerprint density at radius 3 is 2.83 bits per heavy atom. The summed E-state index contributed by atoms with van der Waals surface area (Å²) < 4.78 is 0. The van der Waals surface area contributed by atoms with Gasteiger partial charge in [0, 0.05) is 29.8 Å². The highest BCUT2D eigenvalue weighted by molar-refractivity contribution is 7.15. The molecule has 0 radical (unpaired) electrons. The molecule has 1 aromatic carbocycles. The van der Waals surface area contributed by atoms with Crippen LogP contribution in [0, 0.1) is 5.41 Å². The number of hydrogen-bond acceptors (Lipinski definition) is 4. The van der Waals surface area contributed by atoms with E-state index in [9.17, 15) is 4.79 Å². The van der Waals surface area contributed by atoms with Crippen molar-refractivity contribution in [2.24, 2.45) is 5.41 Å². The Kier molecular flexibility index (Phi) is 4.50. The number of anilines is 1. The van der Waals surface area contributed by atoms with Gasteiger partial charge in [0.2, 0.25) is 5.91 Å². The van der Waals surface area contributed by atoms with E-state index < -0.39 is 5.41 Å². The Balaban J connectivity index is 1.68. The Hall–Kier alpha value is -1.72. The van der Waals surface area contributed by atoms with Gasteiger partial charge < -0.3 is 10.2 Å². The molecule has 1 aliphatic heterocycles. The molecule has 0 saturated heterocycles. The van der Waals surface area contributed by atoms with E-state index in [4.69, 9.17) is 0 Å². The van der Waals surface area contributed by atoms with E-state index in [1.165, 1.54) is 10.4 Å². The molecule has 1 N–H and O–H groups in total. The van der Waals surface area contributed by atoms with Crippen molar-refractivity contribution < 1.29 is 4.79 Å². The molecule has 122 valence electrons. The average molecular weight is 329 g/mol. The van der Waals surface area contributed by atoms with Gasteiger partial charge in [-0.2, -0.15) is 0 Å². The zero-order chi connectivity index (χ0) is 16.4. The van der Waals surface area contributed by atoms with Gasteiger partial charge in [-0.3, -0.25) is 4.79 Å². The molecular formula is C18H23N3OS. The van der Waals surface area contributed by atoms with Crippen molar-refractivity contribution in [3.63, 3.8) is 0 Å². The number of carbonyl (C=O) groups excluding carboxylic acids is 1. The van der Waals surface area contributed by atoms with Crippen LogP contribution in [-0.4, -0.2) is 29.4 Å². The molecule has 2 aromatic rings. The zero-order valence-electron chi connectivity index (χ0n) is 13.9. The Morgan fingerprint density at radius 1 is 1.35 bits per heavy atom. The molecule has 3 rings (SSSR count). The molecule has 1 aromatic heterocycles. The highest BCUT2D eigenvalue weighted by Gasteiger charge is 2.29. The van der Waals surface area contributed by atoms with E-state index >= 15 is 0 Å². The van der Waals surface area contributed by atoms with Crippen molar-refractivity contribution in [3.8, 4) is 0 Å². The molecule has 1 amide bonds. The third-order valence-corrected chi connectivity index (χ3v) is 5.24. The van der Waals surface area contributed by atoms with E-state index in [-0.39, 0.29) is 5.91 Å². The third-order valence-electron chi connectivity index (χ3n) is 4.25. The van der Waals surface area contributed by atoms with Gasteiger partial charge in [0.15, 0.2) is 5.13 Å². The van der Waals surface area contributed by atoms with Crippen molar-refractivity contribution in [3.05, 3.63) is 46.5 Å². The fourth-order valence-electron chi connectivity index (χ4n) is 2.83. The smallest absolute Gasteiger partial charge is 0.232 e. The lowest BCUT2D eigenvalue weighted by Crippen LogP contribution is -2.32. The molecule has 4 nitrogen and oxygen atoms in total. The molecule has 0 unspecified atom stereocenters. The van der Waals surface area contributed by atoms with Crippen LogP contribution in [0.2, 0.25) is 0 Å². The van der Waals surface area contributed by atoms with Gasteiger partial charge in [0.1, 0.15) is 0 Å². The number of likely N-dealkylation sites (N-methyl/N-ethyl adjacent to an activating group) is 1. The Labute approximate surface area is 141 Å². The van der Waals surface area contributed by atoms with Crippen molar-refractivity contribution >= 4 is 22.4 Å². The highest BCUT2D eigenvalue weighted by Crippen LogP contribution is 2.30. The summed E-state index contributed by atoms with van der Waals surface area (Å²) >= 11 is 1.61. The fraction of sp³-hybridized carbons (Fsp3) is 0.444. The zero-order valence-corrected chi connectivity index (χ0v) is 14.7. The molecule has 0 saturated carbocycles. The minimum atomic E-state index is -0.468.